The number of likely N-dealkylation sites (N-methyl/N-ethyl adjacent to an activating group) is 1. The molecule has 7 heteroatoms. The fourth-order valence-corrected chi connectivity index (χ4v) is 2.61. The fourth-order valence-electron chi connectivity index (χ4n) is 2.50. The van der Waals surface area contributed by atoms with Crippen molar-refractivity contribution < 1.29 is 14.7 Å². The highest BCUT2D eigenvalue weighted by atomic mass is 35.5. The van der Waals surface area contributed by atoms with Crippen molar-refractivity contribution in [3.05, 3.63) is 23.4 Å². The molecule has 0 saturated heterocycles. The number of carboxylic acids is 1. The number of aliphatic carboxylic acids is 1. The van der Waals surface area contributed by atoms with Gasteiger partial charge in [0.2, 0.25) is 5.91 Å². The van der Waals surface area contributed by atoms with E-state index in [1.165, 1.54) is 6.20 Å². The van der Waals surface area contributed by atoms with E-state index in [-0.39, 0.29) is 24.4 Å². The van der Waals surface area contributed by atoms with Crippen LogP contribution in [0.2, 0.25) is 5.02 Å². The molecule has 2 N–H and O–H groups in total. The third kappa shape index (κ3) is 4.32. The van der Waals surface area contributed by atoms with Gasteiger partial charge < -0.3 is 15.3 Å². The molecule has 2 unspecified atom stereocenters. The van der Waals surface area contributed by atoms with E-state index in [9.17, 15) is 9.59 Å². The lowest BCUT2D eigenvalue weighted by molar-refractivity contribution is -0.141. The standard InChI is InChI=1S/C14H18ClN3O3/c1-18(12-5-3-10(15)7-16-12)8-13(19)17-11-4-2-9(6-11)14(20)21/h3,5,7,9,11H,2,4,6,8H2,1H3,(H,17,19)(H,20,21). The van der Waals surface area contributed by atoms with Crippen molar-refractivity contribution in [3.63, 3.8) is 0 Å². The van der Waals surface area contributed by atoms with Gasteiger partial charge in [0.05, 0.1) is 17.5 Å². The van der Waals surface area contributed by atoms with Crippen LogP contribution in [0.25, 0.3) is 0 Å². The Morgan fingerprint density at radius 1 is 1.48 bits per heavy atom. The third-order valence-electron chi connectivity index (χ3n) is 3.63. The molecule has 0 radical (unpaired) electrons. The van der Waals surface area contributed by atoms with Crippen LogP contribution in [0.4, 0.5) is 5.82 Å². The Morgan fingerprint density at radius 3 is 2.81 bits per heavy atom. The van der Waals surface area contributed by atoms with Crippen LogP contribution in [-0.2, 0) is 9.59 Å². The van der Waals surface area contributed by atoms with Gasteiger partial charge in [-0.15, -0.1) is 0 Å². The van der Waals surface area contributed by atoms with Gasteiger partial charge in [-0.05, 0) is 31.4 Å². The van der Waals surface area contributed by atoms with E-state index in [1.54, 1.807) is 24.1 Å². The maximum absolute atomic E-state index is 12.0. The molecular weight excluding hydrogens is 294 g/mol. The van der Waals surface area contributed by atoms with Gasteiger partial charge >= 0.3 is 5.97 Å². The summed E-state index contributed by atoms with van der Waals surface area (Å²) in [5, 5.41) is 12.4. The van der Waals surface area contributed by atoms with Crippen molar-refractivity contribution in [2.45, 2.75) is 25.3 Å². The van der Waals surface area contributed by atoms with Gasteiger partial charge in [0.1, 0.15) is 5.82 Å². The van der Waals surface area contributed by atoms with Gasteiger partial charge in [0, 0.05) is 19.3 Å². The van der Waals surface area contributed by atoms with Gasteiger partial charge in [-0.2, -0.15) is 0 Å². The van der Waals surface area contributed by atoms with Crippen molar-refractivity contribution >= 4 is 29.3 Å². The van der Waals surface area contributed by atoms with E-state index in [2.05, 4.69) is 10.3 Å². The summed E-state index contributed by atoms with van der Waals surface area (Å²) >= 11 is 5.77. The topological polar surface area (TPSA) is 82.5 Å². The Morgan fingerprint density at radius 2 is 2.24 bits per heavy atom. The normalized spacial score (nSPS) is 21.0. The van der Waals surface area contributed by atoms with Crippen molar-refractivity contribution in [1.29, 1.82) is 0 Å². The summed E-state index contributed by atoms with van der Waals surface area (Å²) in [6.07, 6.45) is 3.37. The zero-order chi connectivity index (χ0) is 15.4. The SMILES string of the molecule is CN(CC(=O)NC1CCC(C(=O)O)C1)c1ccc(Cl)cn1. The molecule has 0 aromatic carbocycles. The van der Waals surface area contributed by atoms with Gasteiger partial charge in [-0.1, -0.05) is 11.6 Å². The smallest absolute Gasteiger partial charge is 0.306 e. The second kappa shape index (κ2) is 6.76. The number of hydrogen-bond acceptors (Lipinski definition) is 4. The number of rotatable bonds is 5. The second-order valence-corrected chi connectivity index (χ2v) is 5.74. The number of amides is 1. The molecule has 1 amide bonds. The number of carbonyl (C=O) groups is 2. The molecule has 1 saturated carbocycles. The summed E-state index contributed by atoms with van der Waals surface area (Å²) in [4.78, 5) is 28.7. The Bertz CT molecular complexity index is 521. The second-order valence-electron chi connectivity index (χ2n) is 5.30. The number of carboxylic acid groups (broad SMARTS) is 1. The largest absolute Gasteiger partial charge is 0.481 e. The first-order chi connectivity index (χ1) is 9.95. The zero-order valence-corrected chi connectivity index (χ0v) is 12.5. The molecule has 1 aromatic rings. The number of pyridine rings is 1. The summed E-state index contributed by atoms with van der Waals surface area (Å²) < 4.78 is 0. The molecule has 1 aromatic heterocycles. The fraction of sp³-hybridized carbons (Fsp3) is 0.500. The molecule has 2 atom stereocenters. The minimum atomic E-state index is -0.783. The number of anilines is 1. The molecule has 2 rings (SSSR count). The van der Waals surface area contributed by atoms with E-state index in [4.69, 9.17) is 16.7 Å². The summed E-state index contributed by atoms with van der Waals surface area (Å²) in [6, 6.07) is 3.41. The monoisotopic (exact) mass is 311 g/mol. The highest BCUT2D eigenvalue weighted by molar-refractivity contribution is 6.30. The van der Waals surface area contributed by atoms with Crippen molar-refractivity contribution in [1.82, 2.24) is 10.3 Å². The van der Waals surface area contributed by atoms with E-state index >= 15 is 0 Å². The van der Waals surface area contributed by atoms with Crippen LogP contribution in [0.3, 0.4) is 0 Å². The lowest BCUT2D eigenvalue weighted by Crippen LogP contribution is -2.40. The first kappa shape index (κ1) is 15.6. The Balaban J connectivity index is 1.82. The molecule has 0 spiro atoms. The lowest BCUT2D eigenvalue weighted by Gasteiger charge is -2.19. The van der Waals surface area contributed by atoms with Gasteiger partial charge in [-0.3, -0.25) is 9.59 Å². The van der Waals surface area contributed by atoms with Crippen molar-refractivity contribution in [2.75, 3.05) is 18.5 Å². The predicted octanol–water partition coefficient (Wildman–Crippen LogP) is 1.54. The minimum Gasteiger partial charge on any atom is -0.481 e. The molecule has 1 aliphatic rings. The van der Waals surface area contributed by atoms with E-state index in [0.717, 1.165) is 0 Å². The van der Waals surface area contributed by atoms with Crippen LogP contribution in [0.5, 0.6) is 0 Å². The molecule has 1 fully saturated rings. The maximum atomic E-state index is 12.0. The third-order valence-corrected chi connectivity index (χ3v) is 3.85. The summed E-state index contributed by atoms with van der Waals surface area (Å²) in [5.74, 6) is -0.602. The van der Waals surface area contributed by atoms with Crippen LogP contribution < -0.4 is 10.2 Å². The number of nitrogens with one attached hydrogen (secondary N) is 1. The molecule has 6 nitrogen and oxygen atoms in total. The maximum Gasteiger partial charge on any atom is 0.306 e. The van der Waals surface area contributed by atoms with Crippen molar-refractivity contribution in [3.8, 4) is 0 Å². The number of nitrogens with zero attached hydrogens (tertiary/aromatic N) is 2. The highest BCUT2D eigenvalue weighted by Gasteiger charge is 2.30. The van der Waals surface area contributed by atoms with Crippen molar-refractivity contribution in [2.24, 2.45) is 5.92 Å². The average molecular weight is 312 g/mol. The quantitative estimate of drug-likeness (QED) is 0.862. The van der Waals surface area contributed by atoms with E-state index < -0.39 is 5.97 Å². The number of carbonyl (C=O) groups excluding carboxylic acids is 1. The molecule has 1 aliphatic carbocycles. The van der Waals surface area contributed by atoms with Crippen LogP contribution in [-0.4, -0.2) is 41.6 Å². The zero-order valence-electron chi connectivity index (χ0n) is 11.8. The molecule has 0 bridgehead atoms. The van der Waals surface area contributed by atoms with Gasteiger partial charge in [0.25, 0.3) is 0 Å². The summed E-state index contributed by atoms with van der Waals surface area (Å²) in [7, 11) is 1.77. The Labute approximate surface area is 128 Å². The number of hydrogen-bond donors (Lipinski definition) is 2. The van der Waals surface area contributed by atoms with Gasteiger partial charge in [0.15, 0.2) is 0 Å². The first-order valence-electron chi connectivity index (χ1n) is 6.80. The Hall–Kier alpha value is -1.82. The summed E-state index contributed by atoms with van der Waals surface area (Å²) in [6.45, 7) is 0.170. The summed E-state index contributed by atoms with van der Waals surface area (Å²) in [5.41, 5.74) is 0. The molecular formula is C14H18ClN3O3. The van der Waals surface area contributed by atoms with Crippen LogP contribution in [0, 0.1) is 5.92 Å². The molecule has 0 aliphatic heterocycles. The first-order valence-corrected chi connectivity index (χ1v) is 7.18. The van der Waals surface area contributed by atoms with Crippen LogP contribution in [0.1, 0.15) is 19.3 Å². The minimum absolute atomic E-state index is 0.0508. The molecule has 1 heterocycles. The predicted molar refractivity (Wildman–Crippen MR) is 79.4 cm³/mol. The number of halogens is 1. The number of aromatic nitrogens is 1. The van der Waals surface area contributed by atoms with Crippen LogP contribution in [0.15, 0.2) is 18.3 Å². The average Bonchev–Trinajstić information content (AvgIpc) is 2.87. The highest BCUT2D eigenvalue weighted by Crippen LogP contribution is 2.25. The van der Waals surface area contributed by atoms with E-state index in [1.807, 2.05) is 0 Å². The van der Waals surface area contributed by atoms with Gasteiger partial charge in [-0.25, -0.2) is 4.98 Å². The van der Waals surface area contributed by atoms with E-state index in [0.29, 0.717) is 30.1 Å². The molecule has 114 valence electrons. The lowest BCUT2D eigenvalue weighted by atomic mass is 10.1. The Kier molecular flexibility index (Phi) is 5.01. The molecule has 21 heavy (non-hydrogen) atoms. The van der Waals surface area contributed by atoms with Crippen LogP contribution >= 0.6 is 11.6 Å².